The van der Waals surface area contributed by atoms with Crippen LogP contribution in [0.2, 0.25) is 10.0 Å². The van der Waals surface area contributed by atoms with Gasteiger partial charge in [0.25, 0.3) is 10.0 Å². The summed E-state index contributed by atoms with van der Waals surface area (Å²) in [6, 6.07) is 10.1. The maximum Gasteiger partial charge on any atom is 0.350 e. The molecule has 1 heterocycles. The van der Waals surface area contributed by atoms with E-state index in [1.54, 1.807) is 25.1 Å². The molecule has 0 fully saturated rings. The molecular weight excluding hydrogens is 534 g/mol. The van der Waals surface area contributed by atoms with Crippen LogP contribution in [0, 0.1) is 0 Å². The Labute approximate surface area is 206 Å². The molecule has 2 aromatic carbocycles. The fraction of sp³-hybridized carbons (Fsp3) is 0.250. The molecule has 0 saturated heterocycles. The van der Waals surface area contributed by atoms with Crippen molar-refractivity contribution in [2.24, 2.45) is 0 Å². The first kappa shape index (κ1) is 26.0. The highest BCUT2D eigenvalue weighted by molar-refractivity contribution is 7.93. The first-order valence-corrected chi connectivity index (χ1v) is 14.0. The van der Waals surface area contributed by atoms with E-state index in [1.807, 2.05) is 0 Å². The number of alkyl halides is 1. The second-order valence-corrected chi connectivity index (χ2v) is 11.9. The molecule has 13 heteroatoms. The summed E-state index contributed by atoms with van der Waals surface area (Å²) in [6.45, 7) is 1.66. The van der Waals surface area contributed by atoms with Crippen LogP contribution in [0.4, 0.5) is 5.69 Å². The number of fused-ring (bicyclic) bond motifs is 1. The number of carbonyl (C=O) groups is 1. The molecule has 0 radical (unpaired) electrons. The Morgan fingerprint density at radius 2 is 1.79 bits per heavy atom. The van der Waals surface area contributed by atoms with Gasteiger partial charge in [0, 0.05) is 28.7 Å². The summed E-state index contributed by atoms with van der Waals surface area (Å²) in [5.41, 5.74) is 0.707. The first-order valence-electron chi connectivity index (χ1n) is 9.53. The van der Waals surface area contributed by atoms with E-state index in [4.69, 9.17) is 43.9 Å². The maximum absolute atomic E-state index is 13.6. The van der Waals surface area contributed by atoms with Gasteiger partial charge >= 0.3 is 7.60 Å². The van der Waals surface area contributed by atoms with Gasteiger partial charge < -0.3 is 9.05 Å². The lowest BCUT2D eigenvalue weighted by Crippen LogP contribution is -2.32. The zero-order chi connectivity index (χ0) is 24.4. The van der Waals surface area contributed by atoms with Gasteiger partial charge in [-0.3, -0.25) is 18.2 Å². The predicted molar refractivity (Wildman–Crippen MR) is 131 cm³/mol. The highest BCUT2D eigenvalue weighted by Gasteiger charge is 2.35. The zero-order valence-electron chi connectivity index (χ0n) is 17.6. The number of nitrogens with zero attached hydrogens (tertiary/aromatic N) is 2. The van der Waals surface area contributed by atoms with Crippen molar-refractivity contribution in [1.82, 2.24) is 4.57 Å². The molecule has 178 valence electrons. The lowest BCUT2D eigenvalue weighted by Gasteiger charge is -2.28. The van der Waals surface area contributed by atoms with Crippen molar-refractivity contribution in [2.75, 3.05) is 30.2 Å². The molecule has 0 N–H and O–H groups in total. The van der Waals surface area contributed by atoms with Crippen molar-refractivity contribution >= 4 is 74.9 Å². The fourth-order valence-electron chi connectivity index (χ4n) is 3.17. The van der Waals surface area contributed by atoms with Gasteiger partial charge in [-0.05, 0) is 49.4 Å². The third kappa shape index (κ3) is 5.57. The van der Waals surface area contributed by atoms with Crippen molar-refractivity contribution in [1.29, 1.82) is 0 Å². The molecule has 1 unspecified atom stereocenters. The van der Waals surface area contributed by atoms with E-state index in [0.29, 0.717) is 10.9 Å². The molecular formula is C20H20Cl3N2O6PS. The minimum Gasteiger partial charge on any atom is -0.311 e. The molecule has 0 aliphatic carbocycles. The Kier molecular flexibility index (Phi) is 8.17. The van der Waals surface area contributed by atoms with Crippen LogP contribution in [-0.2, 0) is 23.6 Å². The Morgan fingerprint density at radius 3 is 2.36 bits per heavy atom. The Morgan fingerprint density at radius 1 is 1.12 bits per heavy atom. The fourth-order valence-corrected chi connectivity index (χ4v) is 7.36. The normalized spacial score (nSPS) is 13.7. The highest BCUT2D eigenvalue weighted by atomic mass is 35.5. The quantitative estimate of drug-likeness (QED) is 0.243. The average molecular weight is 554 g/mol. The third-order valence-corrected chi connectivity index (χ3v) is 9.12. The van der Waals surface area contributed by atoms with Crippen LogP contribution in [0.15, 0.2) is 53.6 Å². The smallest absolute Gasteiger partial charge is 0.311 e. The maximum atomic E-state index is 13.6. The van der Waals surface area contributed by atoms with Crippen molar-refractivity contribution in [3.63, 3.8) is 0 Å². The first-order chi connectivity index (χ1) is 15.5. The SMILES string of the molecule is CCOP(=O)(CN(c1ccc2c(ccn2C(=O)CCl)c1)S(=O)(=O)c1cc(Cl)cc(Cl)c1)OC. The number of sulfonamides is 1. The number of anilines is 1. The van der Waals surface area contributed by atoms with Crippen molar-refractivity contribution in [3.05, 3.63) is 58.7 Å². The summed E-state index contributed by atoms with van der Waals surface area (Å²) < 4.78 is 53.0. The summed E-state index contributed by atoms with van der Waals surface area (Å²) in [5.74, 6) is -0.551. The monoisotopic (exact) mass is 552 g/mol. The summed E-state index contributed by atoms with van der Waals surface area (Å²) in [6.07, 6.45) is 0.936. The second-order valence-electron chi connectivity index (χ2n) is 6.77. The van der Waals surface area contributed by atoms with Gasteiger partial charge in [-0.2, -0.15) is 0 Å². The van der Waals surface area contributed by atoms with Crippen LogP contribution in [0.1, 0.15) is 11.7 Å². The van der Waals surface area contributed by atoms with Crippen LogP contribution >= 0.6 is 42.4 Å². The lowest BCUT2D eigenvalue weighted by molar-refractivity contribution is 0.0945. The topological polar surface area (TPSA) is 94.9 Å². The Bertz CT molecular complexity index is 1320. The number of aromatic nitrogens is 1. The molecule has 0 bridgehead atoms. The van der Waals surface area contributed by atoms with E-state index in [-0.39, 0.29) is 39.0 Å². The van der Waals surface area contributed by atoms with E-state index in [9.17, 15) is 17.8 Å². The average Bonchev–Trinajstić information content (AvgIpc) is 3.19. The number of rotatable bonds is 9. The van der Waals surface area contributed by atoms with Gasteiger partial charge in [-0.1, -0.05) is 23.2 Å². The molecule has 0 amide bonds. The van der Waals surface area contributed by atoms with Gasteiger partial charge in [-0.15, -0.1) is 11.6 Å². The molecule has 0 aliphatic rings. The molecule has 1 aromatic heterocycles. The van der Waals surface area contributed by atoms with Gasteiger partial charge in [0.2, 0.25) is 5.91 Å². The number of halogens is 3. The summed E-state index contributed by atoms with van der Waals surface area (Å²) >= 11 is 17.7. The molecule has 0 aliphatic heterocycles. The van der Waals surface area contributed by atoms with E-state index >= 15 is 0 Å². The Hall–Kier alpha value is -1.58. The lowest BCUT2D eigenvalue weighted by atomic mass is 10.2. The predicted octanol–water partition coefficient (Wildman–Crippen LogP) is 5.86. The molecule has 3 rings (SSSR count). The minimum absolute atomic E-state index is 0.0461. The van der Waals surface area contributed by atoms with E-state index in [2.05, 4.69) is 0 Å². The van der Waals surface area contributed by atoms with Crippen molar-refractivity contribution < 1.29 is 26.8 Å². The van der Waals surface area contributed by atoms with Gasteiger partial charge in [-0.25, -0.2) is 8.42 Å². The molecule has 8 nitrogen and oxygen atoms in total. The van der Waals surface area contributed by atoms with Gasteiger partial charge in [0.1, 0.15) is 12.2 Å². The third-order valence-electron chi connectivity index (χ3n) is 4.67. The standard InChI is InChI=1S/C20H20Cl3N2O6PS/c1-3-31-32(27,30-2)13-25(33(28,29)18-10-15(22)9-16(23)11-18)17-4-5-19-14(8-17)6-7-24(19)20(26)12-21/h4-11H,3,12-13H2,1-2H3. The van der Waals surface area contributed by atoms with Gasteiger partial charge in [0.15, 0.2) is 0 Å². The second kappa shape index (κ2) is 10.4. The molecule has 0 saturated carbocycles. The number of hydrogen-bond donors (Lipinski definition) is 0. The number of hydrogen-bond acceptors (Lipinski definition) is 6. The largest absolute Gasteiger partial charge is 0.350 e. The summed E-state index contributed by atoms with van der Waals surface area (Å²) in [7, 11) is -6.96. The Balaban J connectivity index is 2.18. The van der Waals surface area contributed by atoms with Crippen molar-refractivity contribution in [2.45, 2.75) is 11.8 Å². The van der Waals surface area contributed by atoms with Crippen LogP contribution < -0.4 is 4.31 Å². The molecule has 3 aromatic rings. The molecule has 33 heavy (non-hydrogen) atoms. The number of benzene rings is 2. The summed E-state index contributed by atoms with van der Waals surface area (Å²) in [5, 5.41) is 0.805. The van der Waals surface area contributed by atoms with Gasteiger partial charge in [0.05, 0.1) is 22.7 Å². The zero-order valence-corrected chi connectivity index (χ0v) is 21.6. The van der Waals surface area contributed by atoms with Crippen LogP contribution in [0.5, 0.6) is 0 Å². The van der Waals surface area contributed by atoms with Crippen LogP contribution in [-0.4, -0.2) is 44.8 Å². The van der Waals surface area contributed by atoms with E-state index in [1.165, 1.54) is 42.1 Å². The van der Waals surface area contributed by atoms with E-state index < -0.39 is 23.9 Å². The molecule has 1 atom stereocenters. The summed E-state index contributed by atoms with van der Waals surface area (Å²) in [4.78, 5) is 11.8. The van der Waals surface area contributed by atoms with Crippen molar-refractivity contribution in [3.8, 4) is 0 Å². The van der Waals surface area contributed by atoms with Crippen LogP contribution in [0.3, 0.4) is 0 Å². The number of carbonyl (C=O) groups excluding carboxylic acids is 1. The van der Waals surface area contributed by atoms with E-state index in [0.717, 1.165) is 4.31 Å². The van der Waals surface area contributed by atoms with Crippen LogP contribution in [0.25, 0.3) is 10.9 Å². The molecule has 0 spiro atoms. The highest BCUT2D eigenvalue weighted by Crippen LogP contribution is 2.49. The minimum atomic E-state index is -4.31.